The van der Waals surface area contributed by atoms with Gasteiger partial charge in [0.05, 0.1) is 22.5 Å². The van der Waals surface area contributed by atoms with Gasteiger partial charge >= 0.3 is 6.18 Å². The van der Waals surface area contributed by atoms with Gasteiger partial charge < -0.3 is 4.90 Å². The number of carbonyl (C=O) groups is 1. The van der Waals surface area contributed by atoms with Gasteiger partial charge in [-0.1, -0.05) is 29.8 Å². The Morgan fingerprint density at radius 3 is 2.52 bits per heavy atom. The largest absolute Gasteiger partial charge is 0.416 e. The van der Waals surface area contributed by atoms with Gasteiger partial charge in [-0.05, 0) is 18.6 Å². The van der Waals surface area contributed by atoms with E-state index in [-0.39, 0.29) is 12.5 Å². The summed E-state index contributed by atoms with van der Waals surface area (Å²) < 4.78 is 40.0. The first-order chi connectivity index (χ1) is 12.7. The van der Waals surface area contributed by atoms with Gasteiger partial charge in [-0.15, -0.1) is 0 Å². The quantitative estimate of drug-likeness (QED) is 0.791. The number of hydrogen-bond acceptors (Lipinski definition) is 3. The van der Waals surface area contributed by atoms with Crippen molar-refractivity contribution in [3.63, 3.8) is 0 Å². The predicted octanol–water partition coefficient (Wildman–Crippen LogP) is 3.21. The number of hydrogen-bond donors (Lipinski definition) is 0. The molecule has 0 radical (unpaired) electrons. The van der Waals surface area contributed by atoms with E-state index in [1.54, 1.807) is 22.6 Å². The number of rotatable bonds is 4. The lowest BCUT2D eigenvalue weighted by atomic mass is 10.1. The lowest BCUT2D eigenvalue weighted by molar-refractivity contribution is -0.137. The monoisotopic (exact) mass is 400 g/mol. The molecule has 1 saturated heterocycles. The third-order valence-electron chi connectivity index (χ3n) is 4.71. The van der Waals surface area contributed by atoms with Crippen LogP contribution in [0.4, 0.5) is 13.2 Å². The molecule has 0 bridgehead atoms. The second-order valence-electron chi connectivity index (χ2n) is 6.59. The molecule has 0 unspecified atom stereocenters. The van der Waals surface area contributed by atoms with Crippen molar-refractivity contribution in [3.8, 4) is 0 Å². The maximum atomic E-state index is 12.8. The van der Waals surface area contributed by atoms with Crippen molar-refractivity contribution >= 4 is 17.5 Å². The number of benzene rings is 1. The number of aromatic nitrogens is 2. The van der Waals surface area contributed by atoms with Gasteiger partial charge in [0.25, 0.3) is 0 Å². The number of alkyl halides is 3. The van der Waals surface area contributed by atoms with Gasteiger partial charge in [0.2, 0.25) is 5.91 Å². The minimum atomic E-state index is -4.34. The Morgan fingerprint density at radius 1 is 1.22 bits per heavy atom. The Balaban J connectivity index is 1.53. The molecule has 9 heteroatoms. The van der Waals surface area contributed by atoms with Gasteiger partial charge in [-0.3, -0.25) is 14.4 Å². The molecule has 0 aliphatic carbocycles. The summed E-state index contributed by atoms with van der Waals surface area (Å²) >= 11 is 5.95. The highest BCUT2D eigenvalue weighted by molar-refractivity contribution is 6.31. The Bertz CT molecular complexity index is 813. The standard InChI is InChI=1S/C18H20ClF3N4O/c1-13-16(19)10-23-26(13)12-17(27)25-7-5-24(6-8-25)11-14-3-2-4-15(9-14)18(20,21)22/h2-4,9-10H,5-8,11-12H2,1H3. The van der Waals surface area contributed by atoms with Crippen molar-refractivity contribution in [3.05, 3.63) is 52.3 Å². The van der Waals surface area contributed by atoms with E-state index < -0.39 is 11.7 Å². The Kier molecular flexibility index (Phi) is 5.76. The second-order valence-corrected chi connectivity index (χ2v) is 7.00. The first-order valence-electron chi connectivity index (χ1n) is 8.58. The first-order valence-corrected chi connectivity index (χ1v) is 8.96. The lowest BCUT2D eigenvalue weighted by Gasteiger charge is -2.35. The highest BCUT2D eigenvalue weighted by Gasteiger charge is 2.30. The van der Waals surface area contributed by atoms with Crippen LogP contribution in [0.5, 0.6) is 0 Å². The van der Waals surface area contributed by atoms with Gasteiger partial charge in [0, 0.05) is 32.7 Å². The van der Waals surface area contributed by atoms with Crippen molar-refractivity contribution in [1.29, 1.82) is 0 Å². The van der Waals surface area contributed by atoms with E-state index in [0.717, 1.165) is 11.8 Å². The maximum Gasteiger partial charge on any atom is 0.416 e. The summed E-state index contributed by atoms with van der Waals surface area (Å²) in [6, 6.07) is 5.37. The molecule has 2 heterocycles. The summed E-state index contributed by atoms with van der Waals surface area (Å²) in [6.07, 6.45) is -2.83. The van der Waals surface area contributed by atoms with Crippen LogP contribution in [0.3, 0.4) is 0 Å². The molecular formula is C18H20ClF3N4O. The van der Waals surface area contributed by atoms with Crippen LogP contribution in [0.1, 0.15) is 16.8 Å². The Hall–Kier alpha value is -2.06. The zero-order chi connectivity index (χ0) is 19.6. The lowest BCUT2D eigenvalue weighted by Crippen LogP contribution is -2.49. The summed E-state index contributed by atoms with van der Waals surface area (Å²) in [5.74, 6) is -0.0448. The van der Waals surface area contributed by atoms with Crippen LogP contribution in [0.2, 0.25) is 5.02 Å². The Labute approximate surface area is 160 Å². The molecule has 5 nitrogen and oxygen atoms in total. The van der Waals surface area contributed by atoms with Crippen LogP contribution < -0.4 is 0 Å². The molecule has 1 fully saturated rings. The molecule has 0 atom stereocenters. The van der Waals surface area contributed by atoms with Crippen molar-refractivity contribution < 1.29 is 18.0 Å². The molecule has 3 rings (SSSR count). The van der Waals surface area contributed by atoms with Crippen molar-refractivity contribution in [2.45, 2.75) is 26.2 Å². The maximum absolute atomic E-state index is 12.8. The number of piperazine rings is 1. The molecule has 0 spiro atoms. The molecule has 1 aromatic heterocycles. The third kappa shape index (κ3) is 4.81. The summed E-state index contributed by atoms with van der Waals surface area (Å²) in [4.78, 5) is 16.2. The number of amides is 1. The molecule has 1 aromatic carbocycles. The summed E-state index contributed by atoms with van der Waals surface area (Å²) in [5.41, 5.74) is 0.724. The van der Waals surface area contributed by atoms with Gasteiger partial charge in [-0.2, -0.15) is 18.3 Å². The summed E-state index contributed by atoms with van der Waals surface area (Å²) in [5, 5.41) is 4.61. The van der Waals surface area contributed by atoms with Gasteiger partial charge in [0.15, 0.2) is 0 Å². The number of carbonyl (C=O) groups excluding carboxylic acids is 1. The fourth-order valence-corrected chi connectivity index (χ4v) is 3.21. The van der Waals surface area contributed by atoms with Gasteiger partial charge in [0.1, 0.15) is 6.54 Å². The molecule has 2 aromatic rings. The third-order valence-corrected chi connectivity index (χ3v) is 5.08. The molecule has 1 aliphatic heterocycles. The molecule has 27 heavy (non-hydrogen) atoms. The van der Waals surface area contributed by atoms with Crippen LogP contribution in [-0.4, -0.2) is 51.7 Å². The van der Waals surface area contributed by atoms with E-state index in [9.17, 15) is 18.0 Å². The summed E-state index contributed by atoms with van der Waals surface area (Å²) in [7, 11) is 0. The van der Waals surface area contributed by atoms with Crippen LogP contribution in [0.15, 0.2) is 30.5 Å². The highest BCUT2D eigenvalue weighted by atomic mass is 35.5. The number of nitrogens with zero attached hydrogens (tertiary/aromatic N) is 4. The first kappa shape index (κ1) is 19.7. The van der Waals surface area contributed by atoms with E-state index in [1.165, 1.54) is 18.3 Å². The fourth-order valence-electron chi connectivity index (χ4n) is 3.07. The minimum absolute atomic E-state index is 0.0448. The van der Waals surface area contributed by atoms with Gasteiger partial charge in [-0.25, -0.2) is 0 Å². The van der Waals surface area contributed by atoms with Crippen molar-refractivity contribution in [2.75, 3.05) is 26.2 Å². The average molecular weight is 401 g/mol. The van der Waals surface area contributed by atoms with Crippen molar-refractivity contribution in [2.24, 2.45) is 0 Å². The Morgan fingerprint density at radius 2 is 1.93 bits per heavy atom. The van der Waals surface area contributed by atoms with E-state index in [4.69, 9.17) is 11.6 Å². The van der Waals surface area contributed by atoms with E-state index in [1.807, 2.05) is 0 Å². The fraction of sp³-hybridized carbons (Fsp3) is 0.444. The van der Waals surface area contributed by atoms with Crippen LogP contribution in [-0.2, 0) is 24.1 Å². The van der Waals surface area contributed by atoms with Crippen LogP contribution >= 0.6 is 11.6 Å². The topological polar surface area (TPSA) is 41.4 Å². The molecule has 1 amide bonds. The normalized spacial score (nSPS) is 16.0. The summed E-state index contributed by atoms with van der Waals surface area (Å²) in [6.45, 7) is 4.65. The highest BCUT2D eigenvalue weighted by Crippen LogP contribution is 2.29. The molecule has 1 aliphatic rings. The average Bonchev–Trinajstić information content (AvgIpc) is 2.94. The zero-order valence-corrected chi connectivity index (χ0v) is 15.6. The number of halogens is 4. The van der Waals surface area contributed by atoms with E-state index >= 15 is 0 Å². The van der Waals surface area contributed by atoms with Crippen LogP contribution in [0, 0.1) is 6.92 Å². The minimum Gasteiger partial charge on any atom is -0.339 e. The second kappa shape index (κ2) is 7.90. The smallest absolute Gasteiger partial charge is 0.339 e. The zero-order valence-electron chi connectivity index (χ0n) is 14.8. The molecular weight excluding hydrogens is 381 g/mol. The predicted molar refractivity (Wildman–Crippen MR) is 95.3 cm³/mol. The van der Waals surface area contributed by atoms with E-state index in [2.05, 4.69) is 10.00 Å². The molecule has 0 saturated carbocycles. The van der Waals surface area contributed by atoms with E-state index in [0.29, 0.717) is 43.3 Å². The van der Waals surface area contributed by atoms with Crippen LogP contribution in [0.25, 0.3) is 0 Å². The van der Waals surface area contributed by atoms with Crippen molar-refractivity contribution in [1.82, 2.24) is 19.6 Å². The molecule has 146 valence electrons. The molecule has 0 N–H and O–H groups in total. The SMILES string of the molecule is Cc1c(Cl)cnn1CC(=O)N1CCN(Cc2cccc(C(F)(F)F)c2)CC1.